The number of para-hydroxylation sites is 2. The number of Topliss-reactive ketones (excluding diaryl/α,β-unsaturated/α-hetero) is 1. The number of benzene rings is 1. The van der Waals surface area contributed by atoms with Crippen molar-refractivity contribution in [3.63, 3.8) is 0 Å². The number of hydrogen-bond donors (Lipinski definition) is 0. The minimum Gasteiger partial charge on any atom is -0.439 e. The summed E-state index contributed by atoms with van der Waals surface area (Å²) in [7, 11) is 0. The second-order valence-electron chi connectivity index (χ2n) is 6.74. The van der Waals surface area contributed by atoms with Crippen LogP contribution in [0, 0.1) is 23.2 Å². The second kappa shape index (κ2) is 7.06. The van der Waals surface area contributed by atoms with Gasteiger partial charge in [-0.3, -0.25) is 9.59 Å². The van der Waals surface area contributed by atoms with Crippen LogP contribution in [0.5, 0.6) is 0 Å². The maximum Gasteiger partial charge on any atom is 0.225 e. The molecule has 6 heteroatoms. The number of ketones is 1. The fourth-order valence-electron chi connectivity index (χ4n) is 3.24. The van der Waals surface area contributed by atoms with E-state index in [0.717, 1.165) is 0 Å². The number of hydrogen-bond acceptors (Lipinski definition) is 5. The monoisotopic (exact) mass is 339 g/mol. The van der Waals surface area contributed by atoms with Gasteiger partial charge in [0.15, 0.2) is 17.3 Å². The summed E-state index contributed by atoms with van der Waals surface area (Å²) >= 11 is 0. The molecule has 0 aliphatic carbocycles. The van der Waals surface area contributed by atoms with Crippen LogP contribution in [0.25, 0.3) is 11.1 Å². The molecule has 1 fully saturated rings. The van der Waals surface area contributed by atoms with Crippen molar-refractivity contribution < 1.29 is 14.0 Å². The van der Waals surface area contributed by atoms with Crippen LogP contribution in [0.3, 0.4) is 0 Å². The molecule has 0 spiro atoms. The molecule has 1 aromatic carbocycles. The SMILES string of the molecule is CC(C)C(=O)N1CCC(C(=O)[C@H](C#N)c2nc3ccccc3o2)CC1. The van der Waals surface area contributed by atoms with Crippen LogP contribution < -0.4 is 0 Å². The zero-order chi connectivity index (χ0) is 18.0. The minimum absolute atomic E-state index is 0.0427. The lowest BCUT2D eigenvalue weighted by Gasteiger charge is -2.32. The lowest BCUT2D eigenvalue weighted by Crippen LogP contribution is -2.42. The number of rotatable bonds is 4. The summed E-state index contributed by atoms with van der Waals surface area (Å²) in [6.45, 7) is 4.86. The molecule has 1 aromatic heterocycles. The van der Waals surface area contributed by atoms with Gasteiger partial charge in [-0.15, -0.1) is 0 Å². The van der Waals surface area contributed by atoms with Crippen LogP contribution in [0.1, 0.15) is 38.5 Å². The summed E-state index contributed by atoms with van der Waals surface area (Å²) in [6.07, 6.45) is 1.16. The molecule has 0 N–H and O–H groups in total. The first-order valence-corrected chi connectivity index (χ1v) is 8.59. The van der Waals surface area contributed by atoms with Crippen molar-refractivity contribution in [2.45, 2.75) is 32.6 Å². The van der Waals surface area contributed by atoms with Gasteiger partial charge in [0.1, 0.15) is 5.52 Å². The molecule has 3 rings (SSSR count). The van der Waals surface area contributed by atoms with Crippen molar-refractivity contribution in [1.29, 1.82) is 5.26 Å². The summed E-state index contributed by atoms with van der Waals surface area (Å²) < 4.78 is 5.60. The number of amides is 1. The number of piperidine rings is 1. The normalized spacial score (nSPS) is 16.8. The quantitative estimate of drug-likeness (QED) is 0.855. The highest BCUT2D eigenvalue weighted by molar-refractivity contribution is 5.90. The summed E-state index contributed by atoms with van der Waals surface area (Å²) in [5.74, 6) is -1.17. The Labute approximate surface area is 146 Å². The van der Waals surface area contributed by atoms with E-state index in [-0.39, 0.29) is 29.4 Å². The van der Waals surface area contributed by atoms with E-state index in [1.165, 1.54) is 0 Å². The average Bonchev–Trinajstić information content (AvgIpc) is 3.05. The van der Waals surface area contributed by atoms with Gasteiger partial charge in [0.2, 0.25) is 11.8 Å². The van der Waals surface area contributed by atoms with Crippen LogP contribution in [0.4, 0.5) is 0 Å². The van der Waals surface area contributed by atoms with Crippen molar-refractivity contribution in [3.8, 4) is 6.07 Å². The van der Waals surface area contributed by atoms with Gasteiger partial charge < -0.3 is 9.32 Å². The molecule has 25 heavy (non-hydrogen) atoms. The molecule has 2 heterocycles. The Bertz CT molecular complexity index is 793. The largest absolute Gasteiger partial charge is 0.439 e. The van der Waals surface area contributed by atoms with E-state index in [4.69, 9.17) is 4.42 Å². The smallest absolute Gasteiger partial charge is 0.225 e. The Balaban J connectivity index is 1.71. The average molecular weight is 339 g/mol. The van der Waals surface area contributed by atoms with Crippen LogP contribution >= 0.6 is 0 Å². The van der Waals surface area contributed by atoms with Gasteiger partial charge in [0.25, 0.3) is 0 Å². The molecule has 6 nitrogen and oxygen atoms in total. The first-order valence-electron chi connectivity index (χ1n) is 8.59. The number of carbonyl (C=O) groups is 2. The zero-order valence-electron chi connectivity index (χ0n) is 14.4. The van der Waals surface area contributed by atoms with E-state index < -0.39 is 5.92 Å². The number of nitriles is 1. The highest BCUT2D eigenvalue weighted by Gasteiger charge is 2.35. The van der Waals surface area contributed by atoms with Crippen molar-refractivity contribution in [1.82, 2.24) is 9.88 Å². The van der Waals surface area contributed by atoms with E-state index in [2.05, 4.69) is 4.98 Å². The lowest BCUT2D eigenvalue weighted by molar-refractivity contribution is -0.137. The standard InChI is InChI=1S/C19H21N3O3/c1-12(2)19(24)22-9-7-13(8-10-22)17(23)14(11-20)18-21-15-5-3-4-6-16(15)25-18/h3-6,12-14H,7-10H2,1-2H3/t14-/m0/s1. The maximum absolute atomic E-state index is 12.8. The number of aromatic nitrogens is 1. The summed E-state index contributed by atoms with van der Waals surface area (Å²) in [4.78, 5) is 30.9. The molecular formula is C19H21N3O3. The molecule has 1 aliphatic heterocycles. The lowest BCUT2D eigenvalue weighted by atomic mass is 9.86. The fourth-order valence-corrected chi connectivity index (χ4v) is 3.24. The minimum atomic E-state index is -0.996. The molecule has 2 aromatic rings. The van der Waals surface area contributed by atoms with E-state index >= 15 is 0 Å². The number of nitrogens with zero attached hydrogens (tertiary/aromatic N) is 3. The third-order valence-electron chi connectivity index (χ3n) is 4.67. The zero-order valence-corrected chi connectivity index (χ0v) is 14.4. The molecule has 1 aliphatic rings. The molecule has 0 bridgehead atoms. The van der Waals surface area contributed by atoms with Crippen molar-refractivity contribution in [3.05, 3.63) is 30.2 Å². The number of oxazole rings is 1. The molecule has 1 amide bonds. The van der Waals surface area contributed by atoms with Gasteiger partial charge in [-0.1, -0.05) is 26.0 Å². The Hall–Kier alpha value is -2.68. The topological polar surface area (TPSA) is 87.2 Å². The molecule has 130 valence electrons. The van der Waals surface area contributed by atoms with Crippen LogP contribution in [0.15, 0.2) is 28.7 Å². The van der Waals surface area contributed by atoms with E-state index in [1.807, 2.05) is 32.0 Å². The Morgan fingerprint density at radius 1 is 1.28 bits per heavy atom. The van der Waals surface area contributed by atoms with Gasteiger partial charge in [0.05, 0.1) is 6.07 Å². The molecule has 0 unspecified atom stereocenters. The summed E-state index contributed by atoms with van der Waals surface area (Å²) in [6, 6.07) is 9.25. The highest BCUT2D eigenvalue weighted by atomic mass is 16.3. The Morgan fingerprint density at radius 2 is 1.96 bits per heavy atom. The Kier molecular flexibility index (Phi) is 4.84. The molecule has 0 saturated carbocycles. The molecular weight excluding hydrogens is 318 g/mol. The number of carbonyl (C=O) groups excluding carboxylic acids is 2. The van der Waals surface area contributed by atoms with Crippen LogP contribution in [0.2, 0.25) is 0 Å². The van der Waals surface area contributed by atoms with Crippen LogP contribution in [-0.4, -0.2) is 34.7 Å². The Morgan fingerprint density at radius 3 is 2.56 bits per heavy atom. The van der Waals surface area contributed by atoms with E-state index in [9.17, 15) is 14.9 Å². The van der Waals surface area contributed by atoms with E-state index in [1.54, 1.807) is 17.0 Å². The number of likely N-dealkylation sites (tertiary alicyclic amines) is 1. The molecule has 0 radical (unpaired) electrons. The third kappa shape index (κ3) is 3.41. The van der Waals surface area contributed by atoms with Crippen molar-refractivity contribution >= 4 is 22.8 Å². The van der Waals surface area contributed by atoms with Crippen LogP contribution in [-0.2, 0) is 9.59 Å². The van der Waals surface area contributed by atoms with Crippen molar-refractivity contribution in [2.24, 2.45) is 11.8 Å². The predicted molar refractivity (Wildman–Crippen MR) is 91.5 cm³/mol. The van der Waals surface area contributed by atoms with Gasteiger partial charge in [-0.25, -0.2) is 4.98 Å². The molecule has 1 saturated heterocycles. The van der Waals surface area contributed by atoms with Gasteiger partial charge in [-0.05, 0) is 25.0 Å². The summed E-state index contributed by atoms with van der Waals surface area (Å²) in [5, 5.41) is 9.48. The van der Waals surface area contributed by atoms with E-state index in [0.29, 0.717) is 37.0 Å². The fraction of sp³-hybridized carbons (Fsp3) is 0.474. The third-order valence-corrected chi connectivity index (χ3v) is 4.67. The maximum atomic E-state index is 12.8. The predicted octanol–water partition coefficient (Wildman–Crippen LogP) is 2.90. The first-order chi connectivity index (χ1) is 12.0. The first kappa shape index (κ1) is 17.2. The molecule has 1 atom stereocenters. The van der Waals surface area contributed by atoms with Crippen molar-refractivity contribution in [2.75, 3.05) is 13.1 Å². The summed E-state index contributed by atoms with van der Waals surface area (Å²) in [5.41, 5.74) is 1.21. The highest BCUT2D eigenvalue weighted by Crippen LogP contribution is 2.28. The number of fused-ring (bicyclic) bond motifs is 1. The second-order valence-corrected chi connectivity index (χ2v) is 6.74. The van der Waals surface area contributed by atoms with Gasteiger partial charge in [-0.2, -0.15) is 5.26 Å². The van der Waals surface area contributed by atoms with Gasteiger partial charge in [0, 0.05) is 24.9 Å². The van der Waals surface area contributed by atoms with Gasteiger partial charge >= 0.3 is 0 Å².